The van der Waals surface area contributed by atoms with Gasteiger partial charge in [-0.15, -0.1) is 0 Å². The minimum Gasteiger partial charge on any atom is -0.382 e. The van der Waals surface area contributed by atoms with Gasteiger partial charge in [-0.2, -0.15) is 0 Å². The molecule has 0 aliphatic heterocycles. The highest BCUT2D eigenvalue weighted by molar-refractivity contribution is 5.75. The third-order valence-electron chi connectivity index (χ3n) is 3.66. The van der Waals surface area contributed by atoms with E-state index >= 15 is 0 Å². The first-order chi connectivity index (χ1) is 8.72. The number of carbonyl (C=O) groups excluding carboxylic acids is 1. The van der Waals surface area contributed by atoms with Gasteiger partial charge < -0.3 is 15.8 Å². The molecule has 106 valence electrons. The molecule has 1 aliphatic carbocycles. The average molecular weight is 256 g/mol. The first kappa shape index (κ1) is 15.4. The Morgan fingerprint density at radius 1 is 1.33 bits per heavy atom. The molecule has 0 unspecified atom stereocenters. The predicted octanol–water partition coefficient (Wildman–Crippen LogP) is 1.83. The minimum atomic E-state index is 0.182. The van der Waals surface area contributed by atoms with Crippen LogP contribution in [0.3, 0.4) is 0 Å². The van der Waals surface area contributed by atoms with Gasteiger partial charge in [0.1, 0.15) is 0 Å². The highest BCUT2D eigenvalue weighted by atomic mass is 16.5. The van der Waals surface area contributed by atoms with Crippen molar-refractivity contribution in [1.29, 1.82) is 0 Å². The van der Waals surface area contributed by atoms with Gasteiger partial charge >= 0.3 is 0 Å². The molecule has 0 heterocycles. The SMILES string of the molecule is CCOCCCNC(=O)CCC1CCC(N)CC1. The lowest BCUT2D eigenvalue weighted by Gasteiger charge is -2.25. The molecule has 1 fully saturated rings. The van der Waals surface area contributed by atoms with E-state index in [0.717, 1.165) is 45.4 Å². The highest BCUT2D eigenvalue weighted by Crippen LogP contribution is 2.26. The van der Waals surface area contributed by atoms with Crippen molar-refractivity contribution < 1.29 is 9.53 Å². The molecule has 4 nitrogen and oxygen atoms in total. The topological polar surface area (TPSA) is 64.3 Å². The molecule has 0 atom stereocenters. The van der Waals surface area contributed by atoms with E-state index in [0.29, 0.717) is 18.4 Å². The Kier molecular flexibility index (Phi) is 8.01. The lowest BCUT2D eigenvalue weighted by Crippen LogP contribution is -2.28. The highest BCUT2D eigenvalue weighted by Gasteiger charge is 2.18. The Labute approximate surface area is 111 Å². The van der Waals surface area contributed by atoms with E-state index in [-0.39, 0.29) is 5.91 Å². The van der Waals surface area contributed by atoms with E-state index < -0.39 is 0 Å². The number of nitrogens with two attached hydrogens (primary N) is 1. The fraction of sp³-hybridized carbons (Fsp3) is 0.929. The minimum absolute atomic E-state index is 0.182. The van der Waals surface area contributed by atoms with E-state index in [2.05, 4.69) is 5.32 Å². The lowest BCUT2D eigenvalue weighted by atomic mass is 9.84. The van der Waals surface area contributed by atoms with Gasteiger partial charge in [-0.25, -0.2) is 0 Å². The molecule has 18 heavy (non-hydrogen) atoms. The monoisotopic (exact) mass is 256 g/mol. The molecule has 1 rings (SSSR count). The molecular formula is C14H28N2O2. The second-order valence-electron chi connectivity index (χ2n) is 5.22. The molecule has 0 radical (unpaired) electrons. The summed E-state index contributed by atoms with van der Waals surface area (Å²) in [4.78, 5) is 11.6. The van der Waals surface area contributed by atoms with E-state index in [4.69, 9.17) is 10.5 Å². The summed E-state index contributed by atoms with van der Waals surface area (Å²) in [5.74, 6) is 0.889. The zero-order valence-corrected chi connectivity index (χ0v) is 11.6. The summed E-state index contributed by atoms with van der Waals surface area (Å²) < 4.78 is 5.22. The molecule has 3 N–H and O–H groups in total. The molecule has 1 aliphatic rings. The van der Waals surface area contributed by atoms with Crippen LogP contribution in [-0.4, -0.2) is 31.7 Å². The number of rotatable bonds is 8. The molecule has 0 aromatic heterocycles. The Hall–Kier alpha value is -0.610. The summed E-state index contributed by atoms with van der Waals surface area (Å²) in [6.45, 7) is 4.19. The number of amides is 1. The van der Waals surface area contributed by atoms with Gasteiger partial charge in [0, 0.05) is 32.2 Å². The van der Waals surface area contributed by atoms with Gasteiger partial charge in [0.15, 0.2) is 0 Å². The van der Waals surface area contributed by atoms with Crippen molar-refractivity contribution in [3.05, 3.63) is 0 Å². The number of carbonyl (C=O) groups is 1. The van der Waals surface area contributed by atoms with E-state index in [1.165, 1.54) is 12.8 Å². The summed E-state index contributed by atoms with van der Waals surface area (Å²) in [5, 5.41) is 2.95. The first-order valence-electron chi connectivity index (χ1n) is 7.32. The van der Waals surface area contributed by atoms with Gasteiger partial charge in [-0.05, 0) is 51.4 Å². The number of hydrogen-bond acceptors (Lipinski definition) is 3. The second kappa shape index (κ2) is 9.34. The zero-order chi connectivity index (χ0) is 13.2. The van der Waals surface area contributed by atoms with Gasteiger partial charge in [0.05, 0.1) is 0 Å². The van der Waals surface area contributed by atoms with Crippen LogP contribution >= 0.6 is 0 Å². The van der Waals surface area contributed by atoms with Crippen molar-refractivity contribution in [1.82, 2.24) is 5.32 Å². The Balaban J connectivity index is 1.96. The summed E-state index contributed by atoms with van der Waals surface area (Å²) in [5.41, 5.74) is 5.87. The standard InChI is InChI=1S/C14H28N2O2/c1-2-18-11-3-10-16-14(17)9-6-12-4-7-13(15)8-5-12/h12-13H,2-11,15H2,1H3,(H,16,17). The maximum absolute atomic E-state index is 11.6. The van der Waals surface area contributed by atoms with Crippen molar-refractivity contribution >= 4 is 5.91 Å². The number of nitrogens with one attached hydrogen (secondary N) is 1. The molecule has 0 aromatic carbocycles. The van der Waals surface area contributed by atoms with E-state index in [1.807, 2.05) is 6.92 Å². The summed E-state index contributed by atoms with van der Waals surface area (Å²) in [6.07, 6.45) is 7.22. The predicted molar refractivity (Wildman–Crippen MR) is 73.3 cm³/mol. The van der Waals surface area contributed by atoms with Crippen molar-refractivity contribution in [3.63, 3.8) is 0 Å². The van der Waals surface area contributed by atoms with Crippen LogP contribution in [0.5, 0.6) is 0 Å². The molecule has 1 amide bonds. The summed E-state index contributed by atoms with van der Waals surface area (Å²) in [6, 6.07) is 0.397. The van der Waals surface area contributed by atoms with Crippen LogP contribution in [0.1, 0.15) is 51.9 Å². The van der Waals surface area contributed by atoms with Crippen LogP contribution in [0.2, 0.25) is 0 Å². The van der Waals surface area contributed by atoms with Crippen LogP contribution in [0.4, 0.5) is 0 Å². The lowest BCUT2D eigenvalue weighted by molar-refractivity contribution is -0.121. The van der Waals surface area contributed by atoms with Crippen LogP contribution < -0.4 is 11.1 Å². The molecule has 0 saturated heterocycles. The van der Waals surface area contributed by atoms with Crippen LogP contribution in [0.15, 0.2) is 0 Å². The molecule has 0 spiro atoms. The summed E-state index contributed by atoms with van der Waals surface area (Å²) in [7, 11) is 0. The fourth-order valence-corrected chi connectivity index (χ4v) is 2.45. The molecule has 1 saturated carbocycles. The third-order valence-corrected chi connectivity index (χ3v) is 3.66. The van der Waals surface area contributed by atoms with Gasteiger partial charge in [0.2, 0.25) is 5.91 Å². The Morgan fingerprint density at radius 3 is 2.72 bits per heavy atom. The van der Waals surface area contributed by atoms with Crippen molar-refractivity contribution in [2.45, 2.75) is 57.9 Å². The maximum atomic E-state index is 11.6. The molecule has 0 aromatic rings. The fourth-order valence-electron chi connectivity index (χ4n) is 2.45. The molecular weight excluding hydrogens is 228 g/mol. The van der Waals surface area contributed by atoms with Crippen LogP contribution in [0.25, 0.3) is 0 Å². The van der Waals surface area contributed by atoms with Crippen molar-refractivity contribution in [3.8, 4) is 0 Å². The van der Waals surface area contributed by atoms with E-state index in [1.54, 1.807) is 0 Å². The molecule has 0 bridgehead atoms. The van der Waals surface area contributed by atoms with Crippen LogP contribution in [-0.2, 0) is 9.53 Å². The zero-order valence-electron chi connectivity index (χ0n) is 11.6. The first-order valence-corrected chi connectivity index (χ1v) is 7.32. The Morgan fingerprint density at radius 2 is 2.06 bits per heavy atom. The normalized spacial score (nSPS) is 23.9. The largest absolute Gasteiger partial charge is 0.382 e. The average Bonchev–Trinajstić information content (AvgIpc) is 2.38. The maximum Gasteiger partial charge on any atom is 0.220 e. The quantitative estimate of drug-likeness (QED) is 0.651. The summed E-state index contributed by atoms with van der Waals surface area (Å²) >= 11 is 0. The van der Waals surface area contributed by atoms with Gasteiger partial charge in [-0.1, -0.05) is 0 Å². The smallest absolute Gasteiger partial charge is 0.220 e. The van der Waals surface area contributed by atoms with Crippen molar-refractivity contribution in [2.24, 2.45) is 11.7 Å². The van der Waals surface area contributed by atoms with Crippen molar-refractivity contribution in [2.75, 3.05) is 19.8 Å². The van der Waals surface area contributed by atoms with Gasteiger partial charge in [0.25, 0.3) is 0 Å². The van der Waals surface area contributed by atoms with E-state index in [9.17, 15) is 4.79 Å². The Bertz CT molecular complexity index is 226. The second-order valence-corrected chi connectivity index (χ2v) is 5.22. The molecule has 4 heteroatoms. The number of ether oxygens (including phenoxy) is 1. The number of hydrogen-bond donors (Lipinski definition) is 2. The van der Waals surface area contributed by atoms with Crippen LogP contribution in [0, 0.1) is 5.92 Å². The third kappa shape index (κ3) is 6.97. The van der Waals surface area contributed by atoms with Gasteiger partial charge in [-0.3, -0.25) is 4.79 Å².